The lowest BCUT2D eigenvalue weighted by Crippen LogP contribution is -2.09. The number of hydrogen-bond acceptors (Lipinski definition) is 3. The van der Waals surface area contributed by atoms with Crippen LogP contribution < -0.4 is 5.32 Å². The van der Waals surface area contributed by atoms with E-state index in [2.05, 4.69) is 10.3 Å². The van der Waals surface area contributed by atoms with Crippen LogP contribution in [0.3, 0.4) is 0 Å². The van der Waals surface area contributed by atoms with Gasteiger partial charge in [-0.3, -0.25) is 9.78 Å². The largest absolute Gasteiger partial charge is 0.481 e. The first-order valence-electron chi connectivity index (χ1n) is 7.38. The molecule has 0 atom stereocenters. The predicted octanol–water partition coefficient (Wildman–Crippen LogP) is 4.33. The Kier molecular flexibility index (Phi) is 4.31. The zero-order valence-electron chi connectivity index (χ0n) is 13.1. The standard InChI is InChI=1S/C18H13F3N2O2/c1-9-12(8-17(24)25)18(13-6-10(19)2-4-15(13)22-9)23-16-5-3-11(20)7-14(16)21/h2-7H,8H2,1H3,(H,22,23)(H,24,25). The van der Waals surface area contributed by atoms with Crippen molar-refractivity contribution in [2.45, 2.75) is 13.3 Å². The van der Waals surface area contributed by atoms with Gasteiger partial charge in [-0.05, 0) is 37.3 Å². The topological polar surface area (TPSA) is 62.2 Å². The summed E-state index contributed by atoms with van der Waals surface area (Å²) in [6.07, 6.45) is -0.379. The minimum absolute atomic E-state index is 0.0517. The number of halogens is 3. The van der Waals surface area contributed by atoms with Crippen molar-refractivity contribution < 1.29 is 23.1 Å². The molecule has 2 aromatic carbocycles. The molecule has 3 aromatic rings. The zero-order valence-corrected chi connectivity index (χ0v) is 13.1. The number of carboxylic acid groups (broad SMARTS) is 1. The summed E-state index contributed by atoms with van der Waals surface area (Å²) >= 11 is 0. The maximum absolute atomic E-state index is 14.0. The van der Waals surface area contributed by atoms with E-state index in [0.29, 0.717) is 28.2 Å². The maximum atomic E-state index is 14.0. The summed E-state index contributed by atoms with van der Waals surface area (Å²) in [5.41, 5.74) is 1.33. The number of carbonyl (C=O) groups is 1. The highest BCUT2D eigenvalue weighted by molar-refractivity contribution is 5.96. The molecule has 0 bridgehead atoms. The summed E-state index contributed by atoms with van der Waals surface area (Å²) in [4.78, 5) is 15.5. The minimum atomic E-state index is -1.11. The lowest BCUT2D eigenvalue weighted by atomic mass is 10.0. The summed E-state index contributed by atoms with van der Waals surface area (Å²) in [6, 6.07) is 6.84. The molecule has 0 aliphatic heterocycles. The average Bonchev–Trinajstić information content (AvgIpc) is 2.53. The number of pyridine rings is 1. The second-order valence-corrected chi connectivity index (χ2v) is 5.53. The van der Waals surface area contributed by atoms with E-state index in [-0.39, 0.29) is 17.8 Å². The Bertz CT molecular complexity index is 990. The van der Waals surface area contributed by atoms with Crippen LogP contribution in [0.15, 0.2) is 36.4 Å². The molecule has 0 aliphatic carbocycles. The van der Waals surface area contributed by atoms with Gasteiger partial charge in [-0.25, -0.2) is 13.2 Å². The Balaban J connectivity index is 2.24. The van der Waals surface area contributed by atoms with Gasteiger partial charge in [-0.1, -0.05) is 0 Å². The van der Waals surface area contributed by atoms with Crippen LogP contribution in [0.25, 0.3) is 10.9 Å². The first-order chi connectivity index (χ1) is 11.8. The fourth-order valence-corrected chi connectivity index (χ4v) is 2.63. The van der Waals surface area contributed by atoms with E-state index in [1.165, 1.54) is 24.3 Å². The molecule has 0 unspecified atom stereocenters. The van der Waals surface area contributed by atoms with Crippen LogP contribution in [0.4, 0.5) is 24.5 Å². The SMILES string of the molecule is Cc1nc2ccc(F)cc2c(Nc2ccc(F)cc2F)c1CC(=O)O. The van der Waals surface area contributed by atoms with Crippen molar-refractivity contribution in [3.8, 4) is 0 Å². The zero-order chi connectivity index (χ0) is 18.1. The third kappa shape index (κ3) is 3.40. The number of hydrogen-bond donors (Lipinski definition) is 2. The summed E-state index contributed by atoms with van der Waals surface area (Å²) in [5.74, 6) is -3.23. The number of nitrogens with zero attached hydrogens (tertiary/aromatic N) is 1. The molecule has 1 heterocycles. The molecule has 0 saturated heterocycles. The van der Waals surface area contributed by atoms with Crippen LogP contribution in [0.2, 0.25) is 0 Å². The molecule has 1 aromatic heterocycles. The summed E-state index contributed by atoms with van der Waals surface area (Å²) < 4.78 is 40.8. The number of rotatable bonds is 4. The molecule has 2 N–H and O–H groups in total. The number of aryl methyl sites for hydroxylation is 1. The van der Waals surface area contributed by atoms with Crippen molar-refractivity contribution in [2.75, 3.05) is 5.32 Å². The van der Waals surface area contributed by atoms with Gasteiger partial charge in [0.2, 0.25) is 0 Å². The van der Waals surface area contributed by atoms with Crippen LogP contribution in [-0.2, 0) is 11.2 Å². The number of aromatic nitrogens is 1. The fourth-order valence-electron chi connectivity index (χ4n) is 2.63. The molecule has 3 rings (SSSR count). The van der Waals surface area contributed by atoms with Gasteiger partial charge in [0, 0.05) is 22.7 Å². The van der Waals surface area contributed by atoms with Gasteiger partial charge in [-0.15, -0.1) is 0 Å². The number of fused-ring (bicyclic) bond motifs is 1. The van der Waals surface area contributed by atoms with Gasteiger partial charge >= 0.3 is 5.97 Å². The smallest absolute Gasteiger partial charge is 0.307 e. The Morgan fingerprint density at radius 1 is 1.12 bits per heavy atom. The number of benzene rings is 2. The van der Waals surface area contributed by atoms with E-state index in [1.807, 2.05) is 0 Å². The predicted molar refractivity (Wildman–Crippen MR) is 87.4 cm³/mol. The van der Waals surface area contributed by atoms with E-state index in [4.69, 9.17) is 5.11 Å². The van der Waals surface area contributed by atoms with E-state index < -0.39 is 23.4 Å². The number of nitrogens with one attached hydrogen (secondary N) is 1. The van der Waals surface area contributed by atoms with Crippen molar-refractivity contribution in [3.05, 3.63) is 65.1 Å². The van der Waals surface area contributed by atoms with Crippen molar-refractivity contribution >= 4 is 28.2 Å². The Morgan fingerprint density at radius 2 is 1.80 bits per heavy atom. The lowest BCUT2D eigenvalue weighted by molar-refractivity contribution is -0.136. The molecule has 25 heavy (non-hydrogen) atoms. The Morgan fingerprint density at radius 3 is 2.48 bits per heavy atom. The quantitative estimate of drug-likeness (QED) is 0.738. The van der Waals surface area contributed by atoms with Gasteiger partial charge < -0.3 is 10.4 Å². The van der Waals surface area contributed by atoms with E-state index in [0.717, 1.165) is 6.07 Å². The Labute approximate surface area is 140 Å². The van der Waals surface area contributed by atoms with Crippen molar-refractivity contribution in [2.24, 2.45) is 0 Å². The minimum Gasteiger partial charge on any atom is -0.481 e. The van der Waals surface area contributed by atoms with Crippen LogP contribution in [-0.4, -0.2) is 16.1 Å². The average molecular weight is 346 g/mol. The molecule has 128 valence electrons. The number of carboxylic acids is 1. The van der Waals surface area contributed by atoms with E-state index in [9.17, 15) is 18.0 Å². The molecule has 0 aliphatic rings. The fraction of sp³-hybridized carbons (Fsp3) is 0.111. The molecular weight excluding hydrogens is 333 g/mol. The Hall–Kier alpha value is -3.09. The monoisotopic (exact) mass is 346 g/mol. The molecule has 7 heteroatoms. The summed E-state index contributed by atoms with van der Waals surface area (Å²) in [5, 5.41) is 12.2. The van der Waals surface area contributed by atoms with Gasteiger partial charge in [0.15, 0.2) is 0 Å². The molecule has 0 saturated carbocycles. The highest BCUT2D eigenvalue weighted by Gasteiger charge is 2.17. The van der Waals surface area contributed by atoms with Crippen LogP contribution in [0.5, 0.6) is 0 Å². The maximum Gasteiger partial charge on any atom is 0.307 e. The second kappa shape index (κ2) is 6.43. The van der Waals surface area contributed by atoms with E-state index >= 15 is 0 Å². The van der Waals surface area contributed by atoms with Crippen molar-refractivity contribution in [1.82, 2.24) is 4.98 Å². The van der Waals surface area contributed by atoms with Gasteiger partial charge in [0.1, 0.15) is 17.5 Å². The first kappa shape index (κ1) is 16.8. The second-order valence-electron chi connectivity index (χ2n) is 5.53. The van der Waals surface area contributed by atoms with Gasteiger partial charge in [0.05, 0.1) is 23.3 Å². The first-order valence-corrected chi connectivity index (χ1v) is 7.38. The summed E-state index contributed by atoms with van der Waals surface area (Å²) in [7, 11) is 0. The molecule has 4 nitrogen and oxygen atoms in total. The van der Waals surface area contributed by atoms with Crippen LogP contribution in [0.1, 0.15) is 11.3 Å². The highest BCUT2D eigenvalue weighted by atomic mass is 19.1. The van der Waals surface area contributed by atoms with Crippen LogP contribution in [0, 0.1) is 24.4 Å². The molecule has 0 spiro atoms. The van der Waals surface area contributed by atoms with Crippen LogP contribution >= 0.6 is 0 Å². The molecule has 0 fully saturated rings. The normalized spacial score (nSPS) is 10.9. The van der Waals surface area contributed by atoms with Crippen molar-refractivity contribution in [1.29, 1.82) is 0 Å². The van der Waals surface area contributed by atoms with Crippen molar-refractivity contribution in [3.63, 3.8) is 0 Å². The van der Waals surface area contributed by atoms with E-state index in [1.54, 1.807) is 6.92 Å². The number of aliphatic carboxylic acids is 1. The molecular formula is C18H13F3N2O2. The van der Waals surface area contributed by atoms with Gasteiger partial charge in [-0.2, -0.15) is 0 Å². The lowest BCUT2D eigenvalue weighted by Gasteiger charge is -2.17. The summed E-state index contributed by atoms with van der Waals surface area (Å²) in [6.45, 7) is 1.62. The number of anilines is 2. The highest BCUT2D eigenvalue weighted by Crippen LogP contribution is 2.33. The molecule has 0 radical (unpaired) electrons. The van der Waals surface area contributed by atoms with Gasteiger partial charge in [0.25, 0.3) is 0 Å². The third-order valence-corrected chi connectivity index (χ3v) is 3.77. The third-order valence-electron chi connectivity index (χ3n) is 3.77. The molecule has 0 amide bonds.